The lowest BCUT2D eigenvalue weighted by Gasteiger charge is -2.37. The average Bonchev–Trinajstić information content (AvgIpc) is 3.01. The summed E-state index contributed by atoms with van der Waals surface area (Å²) in [7, 11) is 0. The van der Waals surface area contributed by atoms with Gasteiger partial charge in [-0.3, -0.25) is 9.69 Å². The number of piperazine rings is 1. The summed E-state index contributed by atoms with van der Waals surface area (Å²) in [6.45, 7) is 2.73. The molecule has 2 aliphatic rings. The minimum Gasteiger partial charge on any atom is -0.427 e. The SMILES string of the molecule is O=C(c1ccccc1OC(F)(F)C(F)F)N1CCN2CCCC2C1. The fourth-order valence-corrected chi connectivity index (χ4v) is 3.27. The van der Waals surface area contributed by atoms with Crippen molar-refractivity contribution in [3.63, 3.8) is 0 Å². The van der Waals surface area contributed by atoms with Crippen LogP contribution in [0.3, 0.4) is 0 Å². The Morgan fingerprint density at radius 2 is 1.96 bits per heavy atom. The van der Waals surface area contributed by atoms with Crippen molar-refractivity contribution in [2.45, 2.75) is 31.4 Å². The zero-order valence-electron chi connectivity index (χ0n) is 12.9. The minimum absolute atomic E-state index is 0.121. The number of carbonyl (C=O) groups is 1. The van der Waals surface area contributed by atoms with Gasteiger partial charge in [0.2, 0.25) is 0 Å². The van der Waals surface area contributed by atoms with E-state index in [0.717, 1.165) is 32.0 Å². The van der Waals surface area contributed by atoms with E-state index in [-0.39, 0.29) is 11.6 Å². The smallest absolute Gasteiger partial charge is 0.427 e. The molecule has 2 fully saturated rings. The van der Waals surface area contributed by atoms with E-state index in [2.05, 4.69) is 9.64 Å². The molecule has 3 rings (SSSR count). The number of amides is 1. The molecule has 2 aliphatic heterocycles. The van der Waals surface area contributed by atoms with E-state index in [1.165, 1.54) is 18.2 Å². The number of hydrogen-bond acceptors (Lipinski definition) is 3. The van der Waals surface area contributed by atoms with E-state index in [0.29, 0.717) is 13.1 Å². The van der Waals surface area contributed by atoms with Crippen molar-refractivity contribution in [3.05, 3.63) is 29.8 Å². The second kappa shape index (κ2) is 6.58. The Bertz CT molecular complexity index is 611. The molecule has 0 spiro atoms. The number of hydrogen-bond donors (Lipinski definition) is 0. The van der Waals surface area contributed by atoms with Crippen LogP contribution in [0, 0.1) is 0 Å². The predicted octanol–water partition coefficient (Wildman–Crippen LogP) is 2.84. The van der Waals surface area contributed by atoms with Gasteiger partial charge in [0.05, 0.1) is 5.56 Å². The highest BCUT2D eigenvalue weighted by molar-refractivity contribution is 5.97. The molecule has 2 saturated heterocycles. The molecular formula is C16H18F4N2O2. The second-order valence-corrected chi connectivity index (χ2v) is 6.04. The first-order chi connectivity index (χ1) is 11.4. The Hall–Kier alpha value is -1.83. The Morgan fingerprint density at radius 1 is 1.21 bits per heavy atom. The van der Waals surface area contributed by atoms with Gasteiger partial charge in [0, 0.05) is 25.7 Å². The summed E-state index contributed by atoms with van der Waals surface area (Å²) in [6, 6.07) is 5.56. The topological polar surface area (TPSA) is 32.8 Å². The fraction of sp³-hybridized carbons (Fsp3) is 0.562. The monoisotopic (exact) mass is 346 g/mol. The number of alkyl halides is 4. The summed E-state index contributed by atoms with van der Waals surface area (Å²) >= 11 is 0. The maximum Gasteiger partial charge on any atom is 0.461 e. The van der Waals surface area contributed by atoms with Crippen LogP contribution in [-0.2, 0) is 0 Å². The van der Waals surface area contributed by atoms with Crippen molar-refractivity contribution < 1.29 is 27.1 Å². The van der Waals surface area contributed by atoms with Crippen LogP contribution in [0.1, 0.15) is 23.2 Å². The molecule has 1 unspecified atom stereocenters. The summed E-state index contributed by atoms with van der Waals surface area (Å²) in [5.41, 5.74) is -0.121. The van der Waals surface area contributed by atoms with E-state index in [1.54, 1.807) is 4.90 Å². The number of halogens is 4. The Labute approximate surface area is 137 Å². The summed E-state index contributed by atoms with van der Waals surface area (Å²) in [5.74, 6) is -0.996. The summed E-state index contributed by atoms with van der Waals surface area (Å²) < 4.78 is 55.2. The van der Waals surface area contributed by atoms with E-state index < -0.39 is 24.2 Å². The van der Waals surface area contributed by atoms with Crippen LogP contribution in [-0.4, -0.2) is 60.5 Å². The number of ether oxygens (including phenoxy) is 1. The van der Waals surface area contributed by atoms with Crippen LogP contribution in [0.25, 0.3) is 0 Å². The number of nitrogens with zero attached hydrogens (tertiary/aromatic N) is 2. The van der Waals surface area contributed by atoms with Gasteiger partial charge >= 0.3 is 12.5 Å². The lowest BCUT2D eigenvalue weighted by Crippen LogP contribution is -2.52. The third kappa shape index (κ3) is 3.33. The number of carbonyl (C=O) groups excluding carboxylic acids is 1. The van der Waals surface area contributed by atoms with E-state index in [1.807, 2.05) is 0 Å². The van der Waals surface area contributed by atoms with Crippen molar-refractivity contribution >= 4 is 5.91 Å². The van der Waals surface area contributed by atoms with Crippen LogP contribution in [0.2, 0.25) is 0 Å². The number of para-hydroxylation sites is 1. The molecule has 0 bridgehead atoms. The third-order valence-corrected chi connectivity index (χ3v) is 4.49. The lowest BCUT2D eigenvalue weighted by molar-refractivity contribution is -0.253. The van der Waals surface area contributed by atoms with E-state index >= 15 is 0 Å². The molecule has 1 amide bonds. The quantitative estimate of drug-likeness (QED) is 0.786. The highest BCUT2D eigenvalue weighted by Crippen LogP contribution is 2.31. The molecule has 132 valence electrons. The van der Waals surface area contributed by atoms with Crippen molar-refractivity contribution in [2.75, 3.05) is 26.2 Å². The molecule has 2 heterocycles. The lowest BCUT2D eigenvalue weighted by atomic mass is 10.1. The van der Waals surface area contributed by atoms with Gasteiger partial charge in [-0.25, -0.2) is 0 Å². The van der Waals surface area contributed by atoms with Gasteiger partial charge in [-0.2, -0.15) is 17.6 Å². The summed E-state index contributed by atoms with van der Waals surface area (Å²) in [4.78, 5) is 16.5. The molecule has 8 heteroatoms. The maximum atomic E-state index is 13.2. The van der Waals surface area contributed by atoms with Gasteiger partial charge in [0.1, 0.15) is 5.75 Å². The van der Waals surface area contributed by atoms with Crippen molar-refractivity contribution in [3.8, 4) is 5.75 Å². The van der Waals surface area contributed by atoms with E-state index in [9.17, 15) is 22.4 Å². The Kier molecular flexibility index (Phi) is 4.67. The largest absolute Gasteiger partial charge is 0.461 e. The molecule has 24 heavy (non-hydrogen) atoms. The summed E-state index contributed by atoms with van der Waals surface area (Å²) in [5, 5.41) is 0. The van der Waals surface area contributed by atoms with Crippen LogP contribution in [0.4, 0.5) is 17.6 Å². The molecular weight excluding hydrogens is 328 g/mol. The first-order valence-electron chi connectivity index (χ1n) is 7.86. The molecule has 0 saturated carbocycles. The zero-order chi connectivity index (χ0) is 17.3. The number of rotatable bonds is 4. The predicted molar refractivity (Wildman–Crippen MR) is 78.5 cm³/mol. The van der Waals surface area contributed by atoms with Gasteiger partial charge in [0.25, 0.3) is 5.91 Å². The molecule has 4 nitrogen and oxygen atoms in total. The molecule has 0 aromatic heterocycles. The first kappa shape index (κ1) is 17.0. The van der Waals surface area contributed by atoms with Crippen molar-refractivity contribution in [2.24, 2.45) is 0 Å². The normalized spacial score (nSPS) is 21.9. The van der Waals surface area contributed by atoms with Gasteiger partial charge in [0.15, 0.2) is 0 Å². The van der Waals surface area contributed by atoms with Crippen molar-refractivity contribution in [1.29, 1.82) is 0 Å². The van der Waals surface area contributed by atoms with Gasteiger partial charge in [-0.05, 0) is 31.5 Å². The maximum absolute atomic E-state index is 13.2. The standard InChI is InChI=1S/C16H18F4N2O2/c17-15(18)16(19,20)24-13-6-2-1-5-12(13)14(23)22-9-8-21-7-3-4-11(21)10-22/h1-2,5-6,11,15H,3-4,7-10H2. The average molecular weight is 346 g/mol. The van der Waals surface area contributed by atoms with Crippen LogP contribution >= 0.6 is 0 Å². The third-order valence-electron chi connectivity index (χ3n) is 4.49. The highest BCUT2D eigenvalue weighted by atomic mass is 19.3. The molecule has 1 aromatic rings. The molecule has 0 aliphatic carbocycles. The van der Waals surface area contributed by atoms with E-state index in [4.69, 9.17) is 0 Å². The second-order valence-electron chi connectivity index (χ2n) is 6.04. The van der Waals surface area contributed by atoms with Crippen molar-refractivity contribution in [1.82, 2.24) is 9.80 Å². The molecule has 1 atom stereocenters. The van der Waals surface area contributed by atoms with Gasteiger partial charge in [-0.15, -0.1) is 0 Å². The molecule has 0 N–H and O–H groups in total. The van der Waals surface area contributed by atoms with Crippen LogP contribution in [0.15, 0.2) is 24.3 Å². The first-order valence-corrected chi connectivity index (χ1v) is 7.86. The number of benzene rings is 1. The zero-order valence-corrected chi connectivity index (χ0v) is 12.9. The fourth-order valence-electron chi connectivity index (χ4n) is 3.27. The molecule has 1 aromatic carbocycles. The van der Waals surface area contributed by atoms with Crippen LogP contribution in [0.5, 0.6) is 5.75 Å². The Balaban J connectivity index is 1.78. The highest BCUT2D eigenvalue weighted by Gasteiger charge is 2.45. The number of fused-ring (bicyclic) bond motifs is 1. The summed E-state index contributed by atoms with van der Waals surface area (Å²) in [6.07, 6.45) is -6.54. The van der Waals surface area contributed by atoms with Gasteiger partial charge < -0.3 is 9.64 Å². The Morgan fingerprint density at radius 3 is 2.71 bits per heavy atom. The van der Waals surface area contributed by atoms with Gasteiger partial charge in [-0.1, -0.05) is 12.1 Å². The molecule has 0 radical (unpaired) electrons. The minimum atomic E-state index is -4.64. The van der Waals surface area contributed by atoms with Crippen LogP contribution < -0.4 is 4.74 Å².